The van der Waals surface area contributed by atoms with Crippen LogP contribution in [-0.4, -0.2) is 45.8 Å². The SMILES string of the molecule is COc1ccc(OCCn2cnc3c2CN(C(=O)OCc2ccccc2)CC3)nc1. The molecule has 0 atom stereocenters. The molecule has 0 unspecified atom stereocenters. The van der Waals surface area contributed by atoms with Crippen LogP contribution in [0.25, 0.3) is 0 Å². The summed E-state index contributed by atoms with van der Waals surface area (Å²) < 4.78 is 18.3. The number of benzene rings is 1. The Labute approximate surface area is 175 Å². The lowest BCUT2D eigenvalue weighted by molar-refractivity contribution is 0.0906. The number of carbonyl (C=O) groups excluding carboxylic acids is 1. The van der Waals surface area contributed by atoms with Crippen molar-refractivity contribution in [2.75, 3.05) is 20.3 Å². The van der Waals surface area contributed by atoms with Crippen molar-refractivity contribution in [2.45, 2.75) is 26.1 Å². The zero-order valence-electron chi connectivity index (χ0n) is 16.9. The Balaban J connectivity index is 1.31. The summed E-state index contributed by atoms with van der Waals surface area (Å²) in [6, 6.07) is 13.2. The van der Waals surface area contributed by atoms with Crippen LogP contribution in [0.2, 0.25) is 0 Å². The van der Waals surface area contributed by atoms with E-state index in [1.807, 2.05) is 34.9 Å². The molecule has 3 aromatic rings. The second kappa shape index (κ2) is 9.30. The first kappa shape index (κ1) is 19.8. The first-order valence-electron chi connectivity index (χ1n) is 9.84. The van der Waals surface area contributed by atoms with Gasteiger partial charge in [0.25, 0.3) is 0 Å². The lowest BCUT2D eigenvalue weighted by Gasteiger charge is -2.27. The zero-order valence-corrected chi connectivity index (χ0v) is 16.9. The molecule has 1 aromatic carbocycles. The van der Waals surface area contributed by atoms with Crippen molar-refractivity contribution in [3.63, 3.8) is 0 Å². The van der Waals surface area contributed by atoms with Crippen molar-refractivity contribution in [3.8, 4) is 11.6 Å². The number of ether oxygens (including phenoxy) is 3. The van der Waals surface area contributed by atoms with Gasteiger partial charge in [0.15, 0.2) is 0 Å². The topological polar surface area (TPSA) is 78.7 Å². The molecule has 3 heterocycles. The summed E-state index contributed by atoms with van der Waals surface area (Å²) in [6.07, 6.45) is 3.82. The molecule has 4 rings (SSSR count). The Morgan fingerprint density at radius 1 is 1.13 bits per heavy atom. The van der Waals surface area contributed by atoms with Crippen LogP contribution in [0.1, 0.15) is 17.0 Å². The molecule has 0 saturated heterocycles. The molecule has 0 N–H and O–H groups in total. The summed E-state index contributed by atoms with van der Waals surface area (Å²) in [5.41, 5.74) is 3.01. The number of imidazole rings is 1. The molecule has 1 aliphatic heterocycles. The summed E-state index contributed by atoms with van der Waals surface area (Å²) >= 11 is 0. The molecule has 8 heteroatoms. The molecule has 0 saturated carbocycles. The van der Waals surface area contributed by atoms with Gasteiger partial charge in [0.2, 0.25) is 5.88 Å². The van der Waals surface area contributed by atoms with E-state index in [4.69, 9.17) is 14.2 Å². The zero-order chi connectivity index (χ0) is 20.8. The summed E-state index contributed by atoms with van der Waals surface area (Å²) in [5.74, 6) is 1.22. The van der Waals surface area contributed by atoms with Crippen molar-refractivity contribution in [2.24, 2.45) is 0 Å². The van der Waals surface area contributed by atoms with Gasteiger partial charge in [0.1, 0.15) is 19.0 Å². The van der Waals surface area contributed by atoms with E-state index in [0.29, 0.717) is 44.3 Å². The number of amides is 1. The van der Waals surface area contributed by atoms with Gasteiger partial charge in [-0.2, -0.15) is 0 Å². The minimum absolute atomic E-state index is 0.269. The molecule has 30 heavy (non-hydrogen) atoms. The van der Waals surface area contributed by atoms with E-state index in [0.717, 1.165) is 17.0 Å². The molecule has 156 valence electrons. The lowest BCUT2D eigenvalue weighted by Crippen LogP contribution is -2.37. The van der Waals surface area contributed by atoms with E-state index in [2.05, 4.69) is 9.97 Å². The Bertz CT molecular complexity index is 973. The molecule has 0 radical (unpaired) electrons. The smallest absolute Gasteiger partial charge is 0.410 e. The predicted molar refractivity (Wildman–Crippen MR) is 109 cm³/mol. The number of hydrogen-bond donors (Lipinski definition) is 0. The quantitative estimate of drug-likeness (QED) is 0.598. The molecular formula is C22H24N4O4. The molecular weight excluding hydrogens is 384 g/mol. The summed E-state index contributed by atoms with van der Waals surface area (Å²) in [5, 5.41) is 0. The first-order chi connectivity index (χ1) is 14.7. The monoisotopic (exact) mass is 408 g/mol. The predicted octanol–water partition coefficient (Wildman–Crippen LogP) is 3.06. The van der Waals surface area contributed by atoms with Gasteiger partial charge in [-0.05, 0) is 11.6 Å². The Hall–Kier alpha value is -3.55. The van der Waals surface area contributed by atoms with Gasteiger partial charge < -0.3 is 23.7 Å². The highest BCUT2D eigenvalue weighted by Crippen LogP contribution is 2.19. The third-order valence-electron chi connectivity index (χ3n) is 4.98. The maximum atomic E-state index is 12.5. The molecule has 1 aliphatic rings. The lowest BCUT2D eigenvalue weighted by atomic mass is 10.1. The van der Waals surface area contributed by atoms with Gasteiger partial charge >= 0.3 is 6.09 Å². The van der Waals surface area contributed by atoms with Gasteiger partial charge in [-0.15, -0.1) is 0 Å². The van der Waals surface area contributed by atoms with Crippen LogP contribution in [-0.2, 0) is 30.9 Å². The molecule has 8 nitrogen and oxygen atoms in total. The summed E-state index contributed by atoms with van der Waals surface area (Å²) in [7, 11) is 1.60. The minimum atomic E-state index is -0.309. The van der Waals surface area contributed by atoms with Crippen LogP contribution in [0, 0.1) is 0 Å². The average Bonchev–Trinajstić information content (AvgIpc) is 3.21. The largest absolute Gasteiger partial charge is 0.495 e. The fourth-order valence-corrected chi connectivity index (χ4v) is 3.32. The highest BCUT2D eigenvalue weighted by molar-refractivity contribution is 5.68. The van der Waals surface area contributed by atoms with Crippen LogP contribution in [0.15, 0.2) is 55.0 Å². The second-order valence-electron chi connectivity index (χ2n) is 6.93. The van der Waals surface area contributed by atoms with Crippen LogP contribution in [0.4, 0.5) is 4.79 Å². The average molecular weight is 408 g/mol. The normalized spacial score (nSPS) is 12.9. The number of aromatic nitrogens is 3. The fourth-order valence-electron chi connectivity index (χ4n) is 3.32. The first-order valence-corrected chi connectivity index (χ1v) is 9.84. The molecule has 0 fully saturated rings. The third kappa shape index (κ3) is 4.71. The van der Waals surface area contributed by atoms with E-state index in [-0.39, 0.29) is 12.7 Å². The molecule has 1 amide bonds. The number of fused-ring (bicyclic) bond motifs is 1. The molecule has 2 aromatic heterocycles. The summed E-state index contributed by atoms with van der Waals surface area (Å²) in [4.78, 5) is 22.9. The standard InChI is InChI=1S/C22H24N4O4/c1-28-18-7-8-21(23-13-18)29-12-11-26-16-24-19-9-10-25(14-20(19)26)22(27)30-15-17-5-3-2-4-6-17/h2-8,13,16H,9-12,14-15H2,1H3. The van der Waals surface area contributed by atoms with E-state index in [9.17, 15) is 4.79 Å². The number of hydrogen-bond acceptors (Lipinski definition) is 6. The highest BCUT2D eigenvalue weighted by atomic mass is 16.6. The minimum Gasteiger partial charge on any atom is -0.495 e. The Kier molecular flexibility index (Phi) is 6.12. The van der Waals surface area contributed by atoms with E-state index >= 15 is 0 Å². The van der Waals surface area contributed by atoms with E-state index < -0.39 is 0 Å². The Morgan fingerprint density at radius 3 is 2.77 bits per heavy atom. The molecule has 0 aliphatic carbocycles. The van der Waals surface area contributed by atoms with Crippen molar-refractivity contribution in [1.29, 1.82) is 0 Å². The third-order valence-corrected chi connectivity index (χ3v) is 4.98. The van der Waals surface area contributed by atoms with Crippen LogP contribution >= 0.6 is 0 Å². The number of nitrogens with zero attached hydrogens (tertiary/aromatic N) is 4. The maximum absolute atomic E-state index is 12.5. The van der Waals surface area contributed by atoms with Gasteiger partial charge in [-0.3, -0.25) is 0 Å². The van der Waals surface area contributed by atoms with Crippen molar-refractivity contribution in [3.05, 3.63) is 71.9 Å². The van der Waals surface area contributed by atoms with Crippen LogP contribution in [0.5, 0.6) is 11.6 Å². The molecule has 0 spiro atoms. The summed E-state index contributed by atoms with van der Waals surface area (Å²) in [6.45, 7) is 2.40. The van der Waals surface area contributed by atoms with Crippen LogP contribution < -0.4 is 9.47 Å². The van der Waals surface area contributed by atoms with Gasteiger partial charge in [0, 0.05) is 19.0 Å². The van der Waals surface area contributed by atoms with E-state index in [1.165, 1.54) is 0 Å². The number of pyridine rings is 1. The van der Waals surface area contributed by atoms with Crippen molar-refractivity contribution >= 4 is 6.09 Å². The second-order valence-corrected chi connectivity index (χ2v) is 6.93. The van der Waals surface area contributed by atoms with Crippen LogP contribution in [0.3, 0.4) is 0 Å². The molecule has 0 bridgehead atoms. The van der Waals surface area contributed by atoms with Gasteiger partial charge in [-0.1, -0.05) is 30.3 Å². The maximum Gasteiger partial charge on any atom is 0.410 e. The number of rotatable bonds is 7. The number of methoxy groups -OCH3 is 1. The number of carbonyl (C=O) groups is 1. The van der Waals surface area contributed by atoms with Gasteiger partial charge in [-0.25, -0.2) is 14.8 Å². The highest BCUT2D eigenvalue weighted by Gasteiger charge is 2.25. The Morgan fingerprint density at radius 2 is 2.00 bits per heavy atom. The van der Waals surface area contributed by atoms with Gasteiger partial charge in [0.05, 0.1) is 44.1 Å². The van der Waals surface area contributed by atoms with Crippen molar-refractivity contribution in [1.82, 2.24) is 19.4 Å². The fraction of sp³-hybridized carbons (Fsp3) is 0.318. The van der Waals surface area contributed by atoms with Crippen molar-refractivity contribution < 1.29 is 19.0 Å². The van der Waals surface area contributed by atoms with E-state index in [1.54, 1.807) is 36.7 Å².